The number of amides is 1. The third-order valence-electron chi connectivity index (χ3n) is 5.10. The lowest BCUT2D eigenvalue weighted by atomic mass is 10.1. The van der Waals surface area contributed by atoms with Crippen LogP contribution in [0.4, 0.5) is 24.5 Å². The van der Waals surface area contributed by atoms with Gasteiger partial charge in [-0.2, -0.15) is 13.2 Å². The van der Waals surface area contributed by atoms with Crippen LogP contribution in [0.3, 0.4) is 0 Å². The number of piperazine rings is 1. The number of benzene rings is 2. The number of nitro benzene ring substituents is 1. The Labute approximate surface area is 182 Å². The second-order valence-electron chi connectivity index (χ2n) is 7.17. The smallest absolute Gasteiger partial charge is 0.416 e. The summed E-state index contributed by atoms with van der Waals surface area (Å²) < 4.78 is 49.3. The molecule has 0 radical (unpaired) electrons. The molecule has 172 valence electrons. The molecule has 0 bridgehead atoms. The van der Waals surface area contributed by atoms with E-state index in [0.29, 0.717) is 11.8 Å². The van der Waals surface area contributed by atoms with Gasteiger partial charge in [0.25, 0.3) is 5.69 Å². The summed E-state index contributed by atoms with van der Waals surface area (Å²) in [5, 5.41) is 11.3. The fourth-order valence-corrected chi connectivity index (χ4v) is 3.42. The number of rotatable bonds is 7. The molecule has 0 atom stereocenters. The highest BCUT2D eigenvalue weighted by Crippen LogP contribution is 2.36. The predicted octanol–water partition coefficient (Wildman–Crippen LogP) is 3.49. The van der Waals surface area contributed by atoms with Crippen molar-refractivity contribution < 1.29 is 32.4 Å². The first-order valence-electron chi connectivity index (χ1n) is 9.78. The lowest BCUT2D eigenvalue weighted by Crippen LogP contribution is -2.49. The largest absolute Gasteiger partial charge is 0.497 e. The van der Waals surface area contributed by atoms with Crippen molar-refractivity contribution in [3.05, 3.63) is 63.7 Å². The van der Waals surface area contributed by atoms with Gasteiger partial charge in [-0.3, -0.25) is 14.9 Å². The molecule has 1 saturated heterocycles. The second-order valence-corrected chi connectivity index (χ2v) is 7.17. The standard InChI is InChI=1S/C21H22F3N3O5/c1-31-17-4-2-3-15(11-17)13-32-14-20(28)26-9-7-25(8-10-26)18-6-5-16(21(22,23)24)12-19(18)27(29)30/h2-6,11-12H,7-10,13-14H2,1H3. The van der Waals surface area contributed by atoms with Crippen LogP contribution >= 0.6 is 0 Å². The second kappa shape index (κ2) is 9.86. The Hall–Kier alpha value is -3.34. The molecule has 0 N–H and O–H groups in total. The molecule has 0 aromatic heterocycles. The van der Waals surface area contributed by atoms with E-state index < -0.39 is 22.4 Å². The number of alkyl halides is 3. The van der Waals surface area contributed by atoms with Gasteiger partial charge >= 0.3 is 6.18 Å². The lowest BCUT2D eigenvalue weighted by molar-refractivity contribution is -0.384. The number of ether oxygens (including phenoxy) is 2. The predicted molar refractivity (Wildman–Crippen MR) is 110 cm³/mol. The van der Waals surface area contributed by atoms with E-state index in [9.17, 15) is 28.1 Å². The Morgan fingerprint density at radius 1 is 1.12 bits per heavy atom. The third-order valence-corrected chi connectivity index (χ3v) is 5.10. The van der Waals surface area contributed by atoms with E-state index in [1.807, 2.05) is 12.1 Å². The van der Waals surface area contributed by atoms with Crippen LogP contribution in [0, 0.1) is 10.1 Å². The highest BCUT2D eigenvalue weighted by atomic mass is 19.4. The van der Waals surface area contributed by atoms with Gasteiger partial charge in [0, 0.05) is 32.2 Å². The molecule has 0 unspecified atom stereocenters. The van der Waals surface area contributed by atoms with Crippen molar-refractivity contribution in [3.63, 3.8) is 0 Å². The maximum absolute atomic E-state index is 12.9. The summed E-state index contributed by atoms with van der Waals surface area (Å²) in [5.41, 5.74) is -0.725. The van der Waals surface area contributed by atoms with Crippen LogP contribution in [0.25, 0.3) is 0 Å². The number of carbonyl (C=O) groups excluding carboxylic acids is 1. The first-order chi connectivity index (χ1) is 15.2. The molecule has 1 amide bonds. The van der Waals surface area contributed by atoms with E-state index in [-0.39, 0.29) is 51.0 Å². The van der Waals surface area contributed by atoms with Crippen LogP contribution in [-0.2, 0) is 22.3 Å². The molecule has 1 aliphatic rings. The molecule has 32 heavy (non-hydrogen) atoms. The van der Waals surface area contributed by atoms with Gasteiger partial charge in [0.2, 0.25) is 5.91 Å². The number of anilines is 1. The number of hydrogen-bond donors (Lipinski definition) is 0. The first-order valence-corrected chi connectivity index (χ1v) is 9.78. The Kier molecular flexibility index (Phi) is 7.18. The van der Waals surface area contributed by atoms with Crippen molar-refractivity contribution in [2.45, 2.75) is 12.8 Å². The van der Waals surface area contributed by atoms with Crippen molar-refractivity contribution in [3.8, 4) is 5.75 Å². The van der Waals surface area contributed by atoms with Gasteiger partial charge in [0.05, 0.1) is 24.2 Å². The average Bonchev–Trinajstić information content (AvgIpc) is 2.78. The molecular weight excluding hydrogens is 431 g/mol. The van der Waals surface area contributed by atoms with Crippen LogP contribution in [0.1, 0.15) is 11.1 Å². The van der Waals surface area contributed by atoms with E-state index in [0.717, 1.165) is 17.7 Å². The number of methoxy groups -OCH3 is 1. The zero-order valence-corrected chi connectivity index (χ0v) is 17.3. The number of nitro groups is 1. The van der Waals surface area contributed by atoms with E-state index in [1.165, 1.54) is 0 Å². The Balaban J connectivity index is 1.55. The third kappa shape index (κ3) is 5.67. The molecule has 1 aliphatic heterocycles. The zero-order valence-electron chi connectivity index (χ0n) is 17.3. The summed E-state index contributed by atoms with van der Waals surface area (Å²) in [4.78, 5) is 26.1. The minimum Gasteiger partial charge on any atom is -0.497 e. The summed E-state index contributed by atoms with van der Waals surface area (Å²) in [6.45, 7) is 1.18. The van der Waals surface area contributed by atoms with Gasteiger partial charge in [-0.15, -0.1) is 0 Å². The maximum Gasteiger partial charge on any atom is 0.416 e. The number of halogens is 3. The van der Waals surface area contributed by atoms with E-state index in [1.54, 1.807) is 29.0 Å². The maximum atomic E-state index is 12.9. The fraction of sp³-hybridized carbons (Fsp3) is 0.381. The number of hydrogen-bond acceptors (Lipinski definition) is 6. The van der Waals surface area contributed by atoms with Gasteiger partial charge in [0.1, 0.15) is 18.0 Å². The van der Waals surface area contributed by atoms with Crippen LogP contribution in [0.2, 0.25) is 0 Å². The Bertz CT molecular complexity index is 975. The van der Waals surface area contributed by atoms with Crippen LogP contribution in [0.5, 0.6) is 5.75 Å². The molecule has 1 fully saturated rings. The molecule has 2 aromatic carbocycles. The summed E-state index contributed by atoms with van der Waals surface area (Å²) in [7, 11) is 1.56. The molecular formula is C21H22F3N3O5. The highest BCUT2D eigenvalue weighted by molar-refractivity contribution is 5.78. The Morgan fingerprint density at radius 3 is 2.47 bits per heavy atom. The van der Waals surface area contributed by atoms with E-state index >= 15 is 0 Å². The van der Waals surface area contributed by atoms with Crippen LogP contribution in [0.15, 0.2) is 42.5 Å². The van der Waals surface area contributed by atoms with E-state index in [2.05, 4.69) is 0 Å². The van der Waals surface area contributed by atoms with Crippen molar-refractivity contribution in [2.24, 2.45) is 0 Å². The quantitative estimate of drug-likeness (QED) is 0.471. The minimum absolute atomic E-state index is 0.101. The molecule has 11 heteroatoms. The number of carbonyl (C=O) groups is 1. The average molecular weight is 453 g/mol. The molecule has 0 saturated carbocycles. The SMILES string of the molecule is COc1cccc(COCC(=O)N2CCN(c3ccc(C(F)(F)F)cc3[N+](=O)[O-])CC2)c1. The summed E-state index contributed by atoms with van der Waals surface area (Å²) >= 11 is 0. The molecule has 0 spiro atoms. The normalized spacial score (nSPS) is 14.4. The first kappa shape index (κ1) is 23.3. The highest BCUT2D eigenvalue weighted by Gasteiger charge is 2.34. The fourth-order valence-electron chi connectivity index (χ4n) is 3.42. The molecule has 3 rings (SSSR count). The van der Waals surface area contributed by atoms with Crippen molar-refractivity contribution in [2.75, 3.05) is 44.8 Å². The van der Waals surface area contributed by atoms with Gasteiger partial charge in [-0.1, -0.05) is 12.1 Å². The molecule has 1 heterocycles. The van der Waals surface area contributed by atoms with Crippen LogP contribution in [-0.4, -0.2) is 55.6 Å². The van der Waals surface area contributed by atoms with Crippen molar-refractivity contribution in [1.82, 2.24) is 4.90 Å². The van der Waals surface area contributed by atoms with Gasteiger partial charge < -0.3 is 19.3 Å². The van der Waals surface area contributed by atoms with Crippen LogP contribution < -0.4 is 9.64 Å². The van der Waals surface area contributed by atoms with E-state index in [4.69, 9.17) is 9.47 Å². The minimum atomic E-state index is -4.67. The van der Waals surface area contributed by atoms with Crippen molar-refractivity contribution in [1.29, 1.82) is 0 Å². The van der Waals surface area contributed by atoms with Gasteiger partial charge in [-0.25, -0.2) is 0 Å². The summed E-state index contributed by atoms with van der Waals surface area (Å²) in [5.74, 6) is 0.459. The monoisotopic (exact) mass is 453 g/mol. The topological polar surface area (TPSA) is 85.2 Å². The lowest BCUT2D eigenvalue weighted by Gasteiger charge is -2.35. The molecule has 2 aromatic rings. The summed E-state index contributed by atoms with van der Waals surface area (Å²) in [6.07, 6.45) is -4.67. The van der Waals surface area contributed by atoms with Gasteiger partial charge in [-0.05, 0) is 29.8 Å². The molecule has 0 aliphatic carbocycles. The summed E-state index contributed by atoms with van der Waals surface area (Å²) in [6, 6.07) is 9.75. The number of nitrogens with zero attached hydrogens (tertiary/aromatic N) is 3. The Morgan fingerprint density at radius 2 is 1.84 bits per heavy atom. The zero-order chi connectivity index (χ0) is 23.3. The molecule has 8 nitrogen and oxygen atoms in total. The van der Waals surface area contributed by atoms with Crippen molar-refractivity contribution >= 4 is 17.3 Å². The van der Waals surface area contributed by atoms with Gasteiger partial charge in [0.15, 0.2) is 0 Å².